The summed E-state index contributed by atoms with van der Waals surface area (Å²) in [5.41, 5.74) is 0.627. The van der Waals surface area contributed by atoms with Gasteiger partial charge in [0.15, 0.2) is 0 Å². The average molecular weight is 351 g/mol. The Kier molecular flexibility index (Phi) is 6.40. The number of nitrogens with one attached hydrogen (secondary N) is 1. The Morgan fingerprint density at radius 2 is 2.12 bits per heavy atom. The van der Waals surface area contributed by atoms with Crippen molar-refractivity contribution in [2.24, 2.45) is 0 Å². The monoisotopic (exact) mass is 350 g/mol. The van der Waals surface area contributed by atoms with E-state index in [2.05, 4.69) is 11.9 Å². The highest BCUT2D eigenvalue weighted by molar-refractivity contribution is 6.30. The predicted molar refractivity (Wildman–Crippen MR) is 93.9 cm³/mol. The summed E-state index contributed by atoms with van der Waals surface area (Å²) in [6.07, 6.45) is 3.57. The Morgan fingerprint density at radius 1 is 1.42 bits per heavy atom. The zero-order chi connectivity index (χ0) is 17.6. The van der Waals surface area contributed by atoms with Crippen LogP contribution < -0.4 is 5.32 Å². The Labute approximate surface area is 147 Å². The van der Waals surface area contributed by atoms with Crippen LogP contribution in [-0.2, 0) is 20.7 Å². The average Bonchev–Trinajstić information content (AvgIpc) is 2.56. The predicted octanol–water partition coefficient (Wildman–Crippen LogP) is 2.19. The Hall–Kier alpha value is -1.85. The molecule has 1 saturated heterocycles. The molecule has 24 heavy (non-hydrogen) atoms. The second-order valence-electron chi connectivity index (χ2n) is 6.19. The fourth-order valence-corrected chi connectivity index (χ4v) is 3.04. The number of likely N-dealkylation sites (N-methyl/N-ethyl adjacent to an activating group) is 1. The molecule has 1 aromatic rings. The smallest absolute Gasteiger partial charge is 0.246 e. The van der Waals surface area contributed by atoms with Crippen LogP contribution in [-0.4, -0.2) is 49.1 Å². The number of rotatable bonds is 6. The molecule has 0 bridgehead atoms. The third-order valence-corrected chi connectivity index (χ3v) is 4.37. The van der Waals surface area contributed by atoms with E-state index in [1.807, 2.05) is 24.3 Å². The van der Waals surface area contributed by atoms with Gasteiger partial charge in [0.2, 0.25) is 11.8 Å². The van der Waals surface area contributed by atoms with Crippen LogP contribution in [0.2, 0.25) is 5.02 Å². The summed E-state index contributed by atoms with van der Waals surface area (Å²) in [4.78, 5) is 25.2. The molecule has 1 fully saturated rings. The number of carbonyl (C=O) groups excluding carboxylic acids is 2. The fourth-order valence-electron chi connectivity index (χ4n) is 2.91. The maximum atomic E-state index is 12.4. The number of benzene rings is 1. The van der Waals surface area contributed by atoms with Crippen LogP contribution >= 0.6 is 11.6 Å². The first-order valence-electron chi connectivity index (χ1n) is 7.95. The number of hydrogen-bond acceptors (Lipinski definition) is 3. The normalized spacial score (nSPS) is 20.2. The van der Waals surface area contributed by atoms with Gasteiger partial charge in [0.1, 0.15) is 0 Å². The summed E-state index contributed by atoms with van der Waals surface area (Å²) < 4.78 is 5.62. The molecule has 1 aromatic carbocycles. The molecule has 1 unspecified atom stereocenters. The number of halogens is 1. The van der Waals surface area contributed by atoms with Crippen molar-refractivity contribution < 1.29 is 14.3 Å². The molecule has 2 amide bonds. The lowest BCUT2D eigenvalue weighted by Gasteiger charge is -2.38. The lowest BCUT2D eigenvalue weighted by Crippen LogP contribution is -2.57. The number of hydrogen-bond donors (Lipinski definition) is 1. The van der Waals surface area contributed by atoms with E-state index in [0.29, 0.717) is 24.7 Å². The molecule has 0 saturated carbocycles. The first kappa shape index (κ1) is 18.5. The second kappa shape index (κ2) is 8.31. The van der Waals surface area contributed by atoms with Crippen molar-refractivity contribution in [3.05, 3.63) is 47.5 Å². The summed E-state index contributed by atoms with van der Waals surface area (Å²) in [7, 11) is 1.58. The van der Waals surface area contributed by atoms with E-state index < -0.39 is 5.54 Å². The second-order valence-corrected chi connectivity index (χ2v) is 6.62. The lowest BCUT2D eigenvalue weighted by molar-refractivity contribution is -0.133. The van der Waals surface area contributed by atoms with Crippen LogP contribution in [0.25, 0.3) is 0 Å². The quantitative estimate of drug-likeness (QED) is 0.800. The van der Waals surface area contributed by atoms with E-state index in [1.54, 1.807) is 7.05 Å². The first-order valence-corrected chi connectivity index (χ1v) is 8.33. The standard InChI is InChI=1S/C18H23ClN2O3/c1-3-17(23)21(2)12-16(22)20-18(9-4-10-24-13-18)11-14-5-7-15(19)8-6-14/h3,5-8H,1,4,9-13H2,2H3,(H,20,22). The van der Waals surface area contributed by atoms with E-state index in [1.165, 1.54) is 11.0 Å². The molecule has 5 nitrogen and oxygen atoms in total. The molecule has 2 rings (SSSR count). The Balaban J connectivity index is 2.06. The van der Waals surface area contributed by atoms with Crippen molar-refractivity contribution in [1.29, 1.82) is 0 Å². The van der Waals surface area contributed by atoms with Gasteiger partial charge in [-0.25, -0.2) is 0 Å². The zero-order valence-electron chi connectivity index (χ0n) is 13.9. The summed E-state index contributed by atoms with van der Waals surface area (Å²) in [5, 5.41) is 3.76. The number of amides is 2. The molecule has 130 valence electrons. The number of carbonyl (C=O) groups is 2. The van der Waals surface area contributed by atoms with E-state index >= 15 is 0 Å². The molecule has 0 aliphatic carbocycles. The fraction of sp³-hybridized carbons (Fsp3) is 0.444. The lowest BCUT2D eigenvalue weighted by atomic mass is 9.85. The molecule has 0 aromatic heterocycles. The molecule has 0 spiro atoms. The summed E-state index contributed by atoms with van der Waals surface area (Å²) >= 11 is 5.93. The summed E-state index contributed by atoms with van der Waals surface area (Å²) in [6, 6.07) is 7.59. The van der Waals surface area contributed by atoms with Gasteiger partial charge in [-0.05, 0) is 43.0 Å². The highest BCUT2D eigenvalue weighted by Crippen LogP contribution is 2.25. The van der Waals surface area contributed by atoms with Gasteiger partial charge in [0.05, 0.1) is 18.7 Å². The van der Waals surface area contributed by atoms with Crippen LogP contribution in [0.15, 0.2) is 36.9 Å². The molecule has 1 aliphatic rings. The Bertz CT molecular complexity index is 595. The highest BCUT2D eigenvalue weighted by Gasteiger charge is 2.35. The van der Waals surface area contributed by atoms with E-state index in [0.717, 1.165) is 18.4 Å². The van der Waals surface area contributed by atoms with E-state index in [9.17, 15) is 9.59 Å². The SMILES string of the molecule is C=CC(=O)N(C)CC(=O)NC1(Cc2ccc(Cl)cc2)CCCOC1. The van der Waals surface area contributed by atoms with Crippen molar-refractivity contribution in [3.8, 4) is 0 Å². The topological polar surface area (TPSA) is 58.6 Å². The van der Waals surface area contributed by atoms with Crippen LogP contribution in [0.5, 0.6) is 0 Å². The number of ether oxygens (including phenoxy) is 1. The summed E-state index contributed by atoms with van der Waals surface area (Å²) in [6.45, 7) is 4.58. The molecule has 6 heteroatoms. The Morgan fingerprint density at radius 3 is 2.71 bits per heavy atom. The van der Waals surface area contributed by atoms with Crippen molar-refractivity contribution in [3.63, 3.8) is 0 Å². The third-order valence-electron chi connectivity index (χ3n) is 4.11. The highest BCUT2D eigenvalue weighted by atomic mass is 35.5. The van der Waals surface area contributed by atoms with Crippen LogP contribution in [0.1, 0.15) is 18.4 Å². The van der Waals surface area contributed by atoms with Gasteiger partial charge < -0.3 is 15.0 Å². The van der Waals surface area contributed by atoms with E-state index in [4.69, 9.17) is 16.3 Å². The van der Waals surface area contributed by atoms with Gasteiger partial charge in [-0.3, -0.25) is 9.59 Å². The first-order chi connectivity index (χ1) is 11.4. The van der Waals surface area contributed by atoms with Crippen molar-refractivity contribution in [1.82, 2.24) is 10.2 Å². The van der Waals surface area contributed by atoms with Crippen molar-refractivity contribution in [2.45, 2.75) is 24.8 Å². The minimum absolute atomic E-state index is 0.00673. The minimum Gasteiger partial charge on any atom is -0.379 e. The van der Waals surface area contributed by atoms with Gasteiger partial charge in [0.25, 0.3) is 0 Å². The van der Waals surface area contributed by atoms with Gasteiger partial charge >= 0.3 is 0 Å². The van der Waals surface area contributed by atoms with Crippen LogP contribution in [0.3, 0.4) is 0 Å². The van der Waals surface area contributed by atoms with Crippen molar-refractivity contribution >= 4 is 23.4 Å². The molecule has 1 atom stereocenters. The maximum Gasteiger partial charge on any atom is 0.246 e. The molecule has 1 heterocycles. The van der Waals surface area contributed by atoms with Gasteiger partial charge in [-0.15, -0.1) is 0 Å². The van der Waals surface area contributed by atoms with Gasteiger partial charge in [-0.1, -0.05) is 30.3 Å². The van der Waals surface area contributed by atoms with Gasteiger partial charge in [-0.2, -0.15) is 0 Å². The largest absolute Gasteiger partial charge is 0.379 e. The molecular weight excluding hydrogens is 328 g/mol. The van der Waals surface area contributed by atoms with Crippen molar-refractivity contribution in [2.75, 3.05) is 26.8 Å². The number of nitrogens with zero attached hydrogens (tertiary/aromatic N) is 1. The minimum atomic E-state index is -0.457. The van der Waals surface area contributed by atoms with E-state index in [-0.39, 0.29) is 18.4 Å². The molecule has 1 N–H and O–H groups in total. The maximum absolute atomic E-state index is 12.4. The van der Waals surface area contributed by atoms with Crippen LogP contribution in [0, 0.1) is 0 Å². The molecule has 1 aliphatic heterocycles. The summed E-state index contributed by atoms with van der Waals surface area (Å²) in [5.74, 6) is -0.482. The van der Waals surface area contributed by atoms with Gasteiger partial charge in [0, 0.05) is 18.7 Å². The molecular formula is C18H23ClN2O3. The zero-order valence-corrected chi connectivity index (χ0v) is 14.6. The van der Waals surface area contributed by atoms with Crippen LogP contribution in [0.4, 0.5) is 0 Å². The third kappa shape index (κ3) is 5.08. The molecule has 0 radical (unpaired) electrons.